The highest BCUT2D eigenvalue weighted by Crippen LogP contribution is 2.64. The van der Waals surface area contributed by atoms with Gasteiger partial charge in [0.2, 0.25) is 5.91 Å². The maximum atomic E-state index is 12.4. The highest BCUT2D eigenvalue weighted by molar-refractivity contribution is 8.02. The smallest absolute Gasteiger partial charge is 0.314 e. The van der Waals surface area contributed by atoms with Crippen molar-refractivity contribution in [2.75, 3.05) is 12.3 Å². The molecule has 1 spiro atoms. The van der Waals surface area contributed by atoms with E-state index in [0.29, 0.717) is 12.3 Å². The summed E-state index contributed by atoms with van der Waals surface area (Å²) >= 11 is 1.40. The molecule has 0 bridgehead atoms. The lowest BCUT2D eigenvalue weighted by atomic mass is 10.2. The van der Waals surface area contributed by atoms with Gasteiger partial charge < -0.3 is 9.64 Å². The zero-order valence-corrected chi connectivity index (χ0v) is 13.0. The summed E-state index contributed by atoms with van der Waals surface area (Å²) in [7, 11) is 0. The molecule has 3 atom stereocenters. The Hall–Kier alpha value is -2.00. The quantitative estimate of drug-likeness (QED) is 0.792. The summed E-state index contributed by atoms with van der Waals surface area (Å²) in [4.78, 5) is 25.2. The van der Waals surface area contributed by atoms with Crippen molar-refractivity contribution in [2.24, 2.45) is 11.8 Å². The summed E-state index contributed by atoms with van der Waals surface area (Å²) in [6, 6.07) is 11.6. The minimum Gasteiger partial charge on any atom is -0.460 e. The van der Waals surface area contributed by atoms with E-state index in [4.69, 9.17) is 4.74 Å². The first-order chi connectivity index (χ1) is 10.6. The van der Waals surface area contributed by atoms with Crippen LogP contribution in [0.4, 0.5) is 0 Å². The highest BCUT2D eigenvalue weighted by atomic mass is 32.2. The lowest BCUT2D eigenvalue weighted by molar-refractivity contribution is -0.147. The third-order valence-corrected chi connectivity index (χ3v) is 5.78. The van der Waals surface area contributed by atoms with E-state index in [0.717, 1.165) is 5.56 Å². The van der Waals surface area contributed by atoms with Gasteiger partial charge in [0.1, 0.15) is 17.4 Å². The van der Waals surface area contributed by atoms with Crippen LogP contribution < -0.4 is 0 Å². The molecule has 0 aromatic heterocycles. The minimum atomic E-state index is -0.700. The van der Waals surface area contributed by atoms with E-state index in [2.05, 4.69) is 6.07 Å². The maximum absolute atomic E-state index is 12.4. The van der Waals surface area contributed by atoms with Gasteiger partial charge in [0.15, 0.2) is 0 Å². The molecule has 0 radical (unpaired) electrons. The number of ether oxygens (including phenoxy) is 1. The van der Waals surface area contributed by atoms with Crippen molar-refractivity contribution in [1.82, 2.24) is 4.90 Å². The summed E-state index contributed by atoms with van der Waals surface area (Å²) in [5.74, 6) is -1.10. The van der Waals surface area contributed by atoms with E-state index in [1.165, 1.54) is 11.8 Å². The zero-order valence-electron chi connectivity index (χ0n) is 12.2. The van der Waals surface area contributed by atoms with Crippen molar-refractivity contribution in [3.05, 3.63) is 35.9 Å². The molecule has 1 aromatic carbocycles. The van der Waals surface area contributed by atoms with Gasteiger partial charge in [-0.3, -0.25) is 9.59 Å². The second kappa shape index (κ2) is 5.65. The van der Waals surface area contributed by atoms with Crippen LogP contribution in [-0.2, 0) is 20.9 Å². The number of carbonyl (C=O) groups is 2. The Labute approximate surface area is 133 Å². The molecule has 5 nitrogen and oxygen atoms in total. The SMILES string of the molecule is CCN1C(=O)CSC12C(C#N)C2C(=O)OCc1ccccc1. The lowest BCUT2D eigenvalue weighted by Gasteiger charge is -2.22. The molecule has 1 amide bonds. The Morgan fingerprint density at radius 3 is 2.86 bits per heavy atom. The molecule has 1 aliphatic carbocycles. The molecular weight excluding hydrogens is 300 g/mol. The number of hydrogen-bond acceptors (Lipinski definition) is 5. The summed E-state index contributed by atoms with van der Waals surface area (Å²) in [6.45, 7) is 2.56. The Kier molecular flexibility index (Phi) is 3.83. The van der Waals surface area contributed by atoms with E-state index in [-0.39, 0.29) is 12.5 Å². The number of thioether (sulfide) groups is 1. The Morgan fingerprint density at radius 1 is 1.50 bits per heavy atom. The molecule has 1 aliphatic heterocycles. The van der Waals surface area contributed by atoms with Crippen LogP contribution in [0.5, 0.6) is 0 Å². The van der Waals surface area contributed by atoms with Crippen molar-refractivity contribution in [3.63, 3.8) is 0 Å². The Balaban J connectivity index is 1.71. The Bertz CT molecular complexity index is 643. The molecule has 1 heterocycles. The van der Waals surface area contributed by atoms with Gasteiger partial charge in [-0.2, -0.15) is 5.26 Å². The van der Waals surface area contributed by atoms with Crippen molar-refractivity contribution in [1.29, 1.82) is 5.26 Å². The number of rotatable bonds is 4. The molecular formula is C16H16N2O3S. The van der Waals surface area contributed by atoms with E-state index in [1.807, 2.05) is 37.3 Å². The normalized spacial score (nSPS) is 29.5. The van der Waals surface area contributed by atoms with Gasteiger partial charge in [0.05, 0.1) is 17.7 Å². The number of amides is 1. The molecule has 2 aliphatic rings. The largest absolute Gasteiger partial charge is 0.460 e. The highest BCUT2D eigenvalue weighted by Gasteiger charge is 2.76. The molecule has 3 rings (SSSR count). The molecule has 1 aromatic rings. The van der Waals surface area contributed by atoms with Crippen LogP contribution in [0.15, 0.2) is 30.3 Å². The molecule has 3 unspecified atom stereocenters. The predicted molar refractivity (Wildman–Crippen MR) is 81.4 cm³/mol. The van der Waals surface area contributed by atoms with Crippen molar-refractivity contribution in [3.8, 4) is 6.07 Å². The zero-order chi connectivity index (χ0) is 15.7. The van der Waals surface area contributed by atoms with Gasteiger partial charge in [-0.15, -0.1) is 11.8 Å². The maximum Gasteiger partial charge on any atom is 0.314 e. The van der Waals surface area contributed by atoms with Crippen molar-refractivity contribution in [2.45, 2.75) is 18.4 Å². The van der Waals surface area contributed by atoms with Crippen LogP contribution >= 0.6 is 11.8 Å². The van der Waals surface area contributed by atoms with Crippen LogP contribution in [0.1, 0.15) is 12.5 Å². The second-order valence-electron chi connectivity index (χ2n) is 5.36. The van der Waals surface area contributed by atoms with E-state index < -0.39 is 22.7 Å². The Morgan fingerprint density at radius 2 is 2.23 bits per heavy atom. The van der Waals surface area contributed by atoms with Crippen molar-refractivity contribution < 1.29 is 14.3 Å². The van der Waals surface area contributed by atoms with Gasteiger partial charge in [0.25, 0.3) is 0 Å². The summed E-state index contributed by atoms with van der Waals surface area (Å²) in [6.07, 6.45) is 0. The van der Waals surface area contributed by atoms with Gasteiger partial charge in [-0.25, -0.2) is 0 Å². The number of carbonyl (C=O) groups excluding carboxylic acids is 2. The van der Waals surface area contributed by atoms with Crippen LogP contribution in [-0.4, -0.2) is 33.9 Å². The standard InChI is InChI=1S/C16H16N2O3S/c1-2-18-13(19)10-22-16(18)12(8-17)14(16)15(20)21-9-11-6-4-3-5-7-11/h3-7,12,14H,2,9-10H2,1H3. The molecule has 1 saturated carbocycles. The van der Waals surface area contributed by atoms with Crippen molar-refractivity contribution >= 4 is 23.6 Å². The topological polar surface area (TPSA) is 70.4 Å². The summed E-state index contributed by atoms with van der Waals surface area (Å²) < 4.78 is 5.36. The summed E-state index contributed by atoms with van der Waals surface area (Å²) in [5.41, 5.74) is 0.904. The molecule has 2 fully saturated rings. The first kappa shape index (κ1) is 14.9. The van der Waals surface area contributed by atoms with E-state index in [9.17, 15) is 14.9 Å². The number of hydrogen-bond donors (Lipinski definition) is 0. The van der Waals surface area contributed by atoms with Crippen LogP contribution in [0.25, 0.3) is 0 Å². The first-order valence-corrected chi connectivity index (χ1v) is 8.18. The molecule has 22 heavy (non-hydrogen) atoms. The third-order valence-electron chi connectivity index (χ3n) is 4.20. The lowest BCUT2D eigenvalue weighted by Crippen LogP contribution is -2.37. The van der Waals surface area contributed by atoms with Gasteiger partial charge in [-0.05, 0) is 12.5 Å². The number of nitrogens with zero attached hydrogens (tertiary/aromatic N) is 2. The number of esters is 1. The third kappa shape index (κ3) is 2.17. The average Bonchev–Trinajstić information content (AvgIpc) is 3.08. The monoisotopic (exact) mass is 316 g/mol. The fraction of sp³-hybridized carbons (Fsp3) is 0.438. The summed E-state index contributed by atoms with van der Waals surface area (Å²) in [5, 5.41) is 9.33. The molecule has 6 heteroatoms. The van der Waals surface area contributed by atoms with Gasteiger partial charge in [0, 0.05) is 6.54 Å². The van der Waals surface area contributed by atoms with E-state index >= 15 is 0 Å². The minimum absolute atomic E-state index is 0.00823. The average molecular weight is 316 g/mol. The fourth-order valence-corrected chi connectivity index (χ4v) is 4.72. The fourth-order valence-electron chi connectivity index (χ4n) is 3.11. The number of benzene rings is 1. The van der Waals surface area contributed by atoms with Crippen LogP contribution in [0.3, 0.4) is 0 Å². The van der Waals surface area contributed by atoms with Crippen LogP contribution in [0, 0.1) is 23.2 Å². The molecule has 114 valence electrons. The second-order valence-corrected chi connectivity index (χ2v) is 6.59. The van der Waals surface area contributed by atoms with Gasteiger partial charge >= 0.3 is 5.97 Å². The predicted octanol–water partition coefficient (Wildman–Crippen LogP) is 1.79. The number of nitriles is 1. The van der Waals surface area contributed by atoms with Crippen LogP contribution in [0.2, 0.25) is 0 Å². The molecule has 0 N–H and O–H groups in total. The van der Waals surface area contributed by atoms with E-state index in [1.54, 1.807) is 4.90 Å². The first-order valence-electron chi connectivity index (χ1n) is 7.19. The molecule has 1 saturated heterocycles. The van der Waals surface area contributed by atoms with Gasteiger partial charge in [-0.1, -0.05) is 30.3 Å².